The van der Waals surface area contributed by atoms with Crippen molar-refractivity contribution in [1.29, 1.82) is 15.8 Å². The molecule has 0 saturated carbocycles. The summed E-state index contributed by atoms with van der Waals surface area (Å²) in [4.78, 5) is 32.2. The summed E-state index contributed by atoms with van der Waals surface area (Å²) in [6, 6.07) is 31.4. The Morgan fingerprint density at radius 2 is 1.15 bits per heavy atom. The maximum atomic E-state index is 11.8. The number of aromatic nitrogens is 2. The van der Waals surface area contributed by atoms with E-state index in [4.69, 9.17) is 57.0 Å². The van der Waals surface area contributed by atoms with Gasteiger partial charge in [-0.2, -0.15) is 20.3 Å². The quantitative estimate of drug-likeness (QED) is 0.0258. The number of aliphatic carboxylic acids is 1. The Labute approximate surface area is 430 Å². The number of aliphatic hydroxyl groups excluding tert-OH is 1. The number of hydrogen-bond acceptors (Lipinski definition) is 11. The molecule has 2 heterocycles. The van der Waals surface area contributed by atoms with E-state index in [1.54, 1.807) is 18.3 Å². The average molecular weight is 1050 g/mol. The molecule has 0 aliphatic heterocycles. The number of nitrogens with zero attached hydrogens (tertiary/aromatic N) is 5. The zero-order valence-electron chi connectivity index (χ0n) is 39.0. The maximum absolute atomic E-state index is 11.8. The van der Waals surface area contributed by atoms with E-state index in [-0.39, 0.29) is 59.6 Å². The van der Waals surface area contributed by atoms with Crippen LogP contribution in [0.4, 0.5) is 0 Å². The minimum absolute atomic E-state index is 0. The molecule has 0 aliphatic carbocycles. The number of thiocyanates is 1. The predicted molar refractivity (Wildman–Crippen MR) is 275 cm³/mol. The first-order valence-electron chi connectivity index (χ1n) is 20.9. The monoisotopic (exact) mass is 1050 g/mol. The smallest absolute Gasteiger partial charge is 0.781 e. The summed E-state index contributed by atoms with van der Waals surface area (Å²) in [6.07, 6.45) is 10.8. The van der Waals surface area contributed by atoms with E-state index in [2.05, 4.69) is 112 Å². The van der Waals surface area contributed by atoms with Crippen molar-refractivity contribution in [1.82, 2.24) is 9.97 Å². The third-order valence-corrected chi connectivity index (χ3v) is 8.86. The summed E-state index contributed by atoms with van der Waals surface area (Å²) in [7, 11) is 1.00. The van der Waals surface area contributed by atoms with Gasteiger partial charge >= 0.3 is 31.4 Å². The average Bonchev–Trinajstić information content (AvgIpc) is 3.33. The zero-order chi connectivity index (χ0) is 50.7. The maximum Gasteiger partial charge on any atom is 4.00 e. The van der Waals surface area contributed by atoms with Gasteiger partial charge in [-0.1, -0.05) is 139 Å². The number of fused-ring (bicyclic) bond motifs is 2. The van der Waals surface area contributed by atoms with Gasteiger partial charge in [0.2, 0.25) is 0 Å². The summed E-state index contributed by atoms with van der Waals surface area (Å²) in [5.74, 6) is 3.97. The standard InChI is InChI=1S/C33H22N3O4.C8H4N2S2.C4H10.2C3H8.CHNS.CH4O.Ru/c34-30(31-20-27(33(39)40)12-14-36-31)19-26(32(37)38)9-10-29-16-22(11-13-35-29)6-5-21-7-8-25-17-23-3-1-2-4-24(23)18-28(25)15-21;9-3-5-1-7(11)8(12)2-6(5)4-10;1-3-4-2;2*1-3-2;2-1-3;1-2;/h1-4,7-9,11-20,34H,10H2,(H,37,38)(H,39,40);1-2,11-12H;3-4H2,1-2H3;2*3H2,1-2H3;3H;2H,1H3;/q-1;;;;;;;+4/p-3/b26-9+,30-19-;;;;;;;. The van der Waals surface area contributed by atoms with E-state index in [1.807, 2.05) is 30.3 Å². The fraction of sp³-hybridized carbons (Fsp3) is 0.226. The van der Waals surface area contributed by atoms with Gasteiger partial charge in [0.05, 0.1) is 22.3 Å². The molecule has 0 radical (unpaired) electrons. The Balaban J connectivity index is 0. The molecule has 0 aliphatic rings. The first kappa shape index (κ1) is 63.3. The van der Waals surface area contributed by atoms with Crippen LogP contribution in [0.3, 0.4) is 0 Å². The molecule has 0 fully saturated rings. The Morgan fingerprint density at radius 3 is 1.62 bits per heavy atom. The molecule has 4 N–H and O–H groups in total. The zero-order valence-corrected chi connectivity index (χ0v) is 43.2. The Kier molecular flexibility index (Phi) is 34.7. The molecule has 0 spiro atoms. The molecule has 11 nitrogen and oxygen atoms in total. The summed E-state index contributed by atoms with van der Waals surface area (Å²) in [6.45, 7) is 12.9. The van der Waals surface area contributed by atoms with Crippen LogP contribution in [-0.4, -0.2) is 44.3 Å². The Morgan fingerprint density at radius 1 is 0.676 bits per heavy atom. The van der Waals surface area contributed by atoms with Gasteiger partial charge in [0.15, 0.2) is 0 Å². The van der Waals surface area contributed by atoms with E-state index < -0.39 is 11.9 Å². The van der Waals surface area contributed by atoms with Gasteiger partial charge in [-0.05, 0) is 70.1 Å². The molecule has 6 rings (SSSR count). The molecule has 15 heteroatoms. The Hall–Kier alpha value is -6.81. The van der Waals surface area contributed by atoms with Crippen molar-refractivity contribution in [3.63, 3.8) is 0 Å². The molecule has 352 valence electrons. The molecule has 0 unspecified atom stereocenters. The molecular formula is C53H54N6O5RuS3. The van der Waals surface area contributed by atoms with Gasteiger partial charge in [-0.3, -0.25) is 9.97 Å². The molecule has 0 saturated heterocycles. The van der Waals surface area contributed by atoms with Crippen molar-refractivity contribution in [2.45, 2.75) is 83.4 Å². The molecule has 0 bridgehead atoms. The third-order valence-electron chi connectivity index (χ3n) is 8.06. The third kappa shape index (κ3) is 23.6. The van der Waals surface area contributed by atoms with Crippen molar-refractivity contribution in [2.75, 3.05) is 7.11 Å². The number of rotatable bonds is 7. The molecule has 4 aromatic carbocycles. The predicted octanol–water partition coefficient (Wildman–Crippen LogP) is 12.0. The van der Waals surface area contributed by atoms with Gasteiger partial charge in [-0.25, -0.2) is 14.9 Å². The fourth-order valence-corrected chi connectivity index (χ4v) is 5.29. The van der Waals surface area contributed by atoms with Crippen molar-refractivity contribution in [3.05, 3.63) is 166 Å². The van der Waals surface area contributed by atoms with E-state index in [1.165, 1.54) is 78.4 Å². The summed E-state index contributed by atoms with van der Waals surface area (Å²) in [5.41, 5.74) is 10.7. The van der Waals surface area contributed by atoms with Crippen LogP contribution >= 0.6 is 0 Å². The van der Waals surface area contributed by atoms with Crippen LogP contribution in [-0.2, 0) is 68.6 Å². The molecule has 0 amide bonds. The second kappa shape index (κ2) is 37.3. The largest absolute Gasteiger partial charge is 4.00 e. The number of aliphatic hydroxyl groups is 1. The van der Waals surface area contributed by atoms with Gasteiger partial charge in [-0.15, -0.1) is 5.70 Å². The first-order valence-corrected chi connectivity index (χ1v) is 22.2. The summed E-state index contributed by atoms with van der Waals surface area (Å²) < 4.78 is 0. The molecular weight excluding hydrogens is 998 g/mol. The number of pyridine rings is 2. The normalized spacial score (nSPS) is 9.54. The number of carboxylic acid groups (broad SMARTS) is 2. The van der Waals surface area contributed by atoms with Gasteiger partial charge in [0.1, 0.15) is 12.1 Å². The van der Waals surface area contributed by atoms with Gasteiger partial charge in [0.25, 0.3) is 0 Å². The van der Waals surface area contributed by atoms with Crippen molar-refractivity contribution >= 4 is 77.1 Å². The number of aromatic carboxylic acids is 1. The van der Waals surface area contributed by atoms with Crippen LogP contribution in [0.5, 0.6) is 0 Å². The number of nitriles is 3. The number of nitrogens with one attached hydrogen (secondary N) is 1. The van der Waals surface area contributed by atoms with E-state index in [0.29, 0.717) is 15.5 Å². The van der Waals surface area contributed by atoms with Crippen LogP contribution in [0.15, 0.2) is 131 Å². The SMILES string of the molecule is CCC.CCC.CCCC.CO.N#C[S-].N#Cc1cc([S-])c([S-])cc1C#N.[NH-]/C(=C\C(=C/Cc1cc(C#Cc2ccc3cc4ccccc4cc3c2)ccn1)C(=O)O)c1cc(C(=O)O)ccn1.[Ru+4]. The van der Waals surface area contributed by atoms with E-state index in [9.17, 15) is 14.7 Å². The molecule has 6 aromatic rings. The second-order valence-electron chi connectivity index (χ2n) is 13.6. The van der Waals surface area contributed by atoms with Crippen LogP contribution in [0.25, 0.3) is 33.0 Å². The van der Waals surface area contributed by atoms with E-state index >= 15 is 0 Å². The minimum Gasteiger partial charge on any atom is -0.781 e. The molecule has 0 atom stereocenters. The fourth-order valence-electron chi connectivity index (χ4n) is 4.94. The van der Waals surface area contributed by atoms with Crippen LogP contribution in [0.2, 0.25) is 0 Å². The van der Waals surface area contributed by atoms with Crippen molar-refractivity contribution < 1.29 is 44.4 Å². The summed E-state index contributed by atoms with van der Waals surface area (Å²) >= 11 is 13.4. The number of unbranched alkanes of at least 4 members (excludes halogenated alkanes) is 1. The van der Waals surface area contributed by atoms with Crippen LogP contribution < -0.4 is 0 Å². The molecule has 2 aromatic heterocycles. The second-order valence-corrected chi connectivity index (χ2v) is 14.6. The number of carbonyl (C=O) groups is 2. The summed E-state index contributed by atoms with van der Waals surface area (Å²) in [5, 5.41) is 56.0. The minimum atomic E-state index is -1.22. The number of allylic oxidation sites excluding steroid dienone is 1. The van der Waals surface area contributed by atoms with Crippen LogP contribution in [0, 0.1) is 45.2 Å². The van der Waals surface area contributed by atoms with Crippen molar-refractivity contribution in [2.24, 2.45) is 0 Å². The number of hydrogen-bond donors (Lipinski definition) is 3. The van der Waals surface area contributed by atoms with E-state index in [0.717, 1.165) is 35.1 Å². The van der Waals surface area contributed by atoms with Crippen LogP contribution in [0.1, 0.15) is 111 Å². The van der Waals surface area contributed by atoms with Gasteiger partial charge < -0.3 is 58.9 Å². The van der Waals surface area contributed by atoms with Gasteiger partial charge in [0, 0.05) is 48.4 Å². The number of carboxylic acids is 2. The topological polar surface area (TPSA) is 216 Å². The molecule has 68 heavy (non-hydrogen) atoms. The van der Waals surface area contributed by atoms with Crippen molar-refractivity contribution in [3.8, 4) is 29.4 Å². The Bertz CT molecular complexity index is 2740. The first-order chi connectivity index (χ1) is 32.2. The number of benzene rings is 4.